The van der Waals surface area contributed by atoms with Gasteiger partial charge in [0.1, 0.15) is 5.82 Å². The molecule has 0 aliphatic heterocycles. The van der Waals surface area contributed by atoms with Crippen LogP contribution < -0.4 is 10.6 Å². The molecule has 0 heterocycles. The second-order valence-corrected chi connectivity index (χ2v) is 5.56. The Kier molecular flexibility index (Phi) is 5.11. The zero-order chi connectivity index (χ0) is 13.8. The minimum Gasteiger partial charge on any atom is -0.350 e. The molecule has 1 rings (SSSR count). The second-order valence-electron chi connectivity index (χ2n) is 5.15. The molecule has 5 heteroatoms. The Labute approximate surface area is 112 Å². The van der Waals surface area contributed by atoms with Gasteiger partial charge in [0.2, 0.25) is 5.91 Å². The van der Waals surface area contributed by atoms with Gasteiger partial charge in [-0.2, -0.15) is 0 Å². The van der Waals surface area contributed by atoms with Crippen LogP contribution in [0, 0.1) is 5.82 Å². The first-order valence-corrected chi connectivity index (χ1v) is 6.11. The molecule has 0 aliphatic rings. The molecule has 0 aromatic heterocycles. The molecule has 1 aromatic carbocycles. The minimum absolute atomic E-state index is 0.0734. The lowest BCUT2D eigenvalue weighted by atomic mass is 10.1. The highest BCUT2D eigenvalue weighted by molar-refractivity contribution is 6.30. The molecule has 100 valence electrons. The molecular weight excluding hydrogens is 255 g/mol. The van der Waals surface area contributed by atoms with E-state index in [4.69, 9.17) is 11.6 Å². The first-order chi connectivity index (χ1) is 8.28. The number of halogens is 2. The Hall–Kier alpha value is -1.13. The SMILES string of the molecule is CC(C)(C)NC(=O)CNCc1ccc(F)c(Cl)c1. The van der Waals surface area contributed by atoms with E-state index in [2.05, 4.69) is 10.6 Å². The summed E-state index contributed by atoms with van der Waals surface area (Å²) in [6, 6.07) is 4.50. The Balaban J connectivity index is 2.38. The topological polar surface area (TPSA) is 41.1 Å². The van der Waals surface area contributed by atoms with Crippen LogP contribution in [-0.4, -0.2) is 18.0 Å². The van der Waals surface area contributed by atoms with Crippen LogP contribution in [0.25, 0.3) is 0 Å². The number of hydrogen-bond donors (Lipinski definition) is 2. The van der Waals surface area contributed by atoms with Gasteiger partial charge < -0.3 is 10.6 Å². The fourth-order valence-electron chi connectivity index (χ4n) is 1.43. The van der Waals surface area contributed by atoms with Crippen LogP contribution in [0.15, 0.2) is 18.2 Å². The molecule has 2 N–H and O–H groups in total. The summed E-state index contributed by atoms with van der Waals surface area (Å²) in [5.74, 6) is -0.512. The third kappa shape index (κ3) is 5.47. The molecule has 0 spiro atoms. The van der Waals surface area contributed by atoms with Crippen molar-refractivity contribution in [1.29, 1.82) is 0 Å². The van der Waals surface area contributed by atoms with E-state index >= 15 is 0 Å². The van der Waals surface area contributed by atoms with Crippen molar-refractivity contribution >= 4 is 17.5 Å². The van der Waals surface area contributed by atoms with Crippen LogP contribution in [-0.2, 0) is 11.3 Å². The summed E-state index contributed by atoms with van der Waals surface area (Å²) in [5.41, 5.74) is 0.600. The number of amides is 1. The van der Waals surface area contributed by atoms with Crippen molar-refractivity contribution < 1.29 is 9.18 Å². The maximum Gasteiger partial charge on any atom is 0.234 e. The smallest absolute Gasteiger partial charge is 0.234 e. The lowest BCUT2D eigenvalue weighted by molar-refractivity contribution is -0.121. The quantitative estimate of drug-likeness (QED) is 0.884. The van der Waals surface area contributed by atoms with Crippen molar-refractivity contribution in [2.24, 2.45) is 0 Å². The maximum absolute atomic E-state index is 12.9. The van der Waals surface area contributed by atoms with Gasteiger partial charge in [-0.25, -0.2) is 4.39 Å². The number of rotatable bonds is 4. The van der Waals surface area contributed by atoms with Crippen LogP contribution in [0.2, 0.25) is 5.02 Å². The lowest BCUT2D eigenvalue weighted by Gasteiger charge is -2.20. The Bertz CT molecular complexity index is 429. The molecule has 0 saturated heterocycles. The number of benzene rings is 1. The molecule has 3 nitrogen and oxygen atoms in total. The summed E-state index contributed by atoms with van der Waals surface area (Å²) in [7, 11) is 0. The Morgan fingerprint density at radius 2 is 2.06 bits per heavy atom. The third-order valence-corrected chi connectivity index (χ3v) is 2.40. The molecule has 1 amide bonds. The monoisotopic (exact) mass is 272 g/mol. The molecule has 0 atom stereocenters. The zero-order valence-electron chi connectivity index (χ0n) is 10.8. The number of carbonyl (C=O) groups is 1. The van der Waals surface area contributed by atoms with Gasteiger partial charge in [-0.3, -0.25) is 4.79 Å². The maximum atomic E-state index is 12.9. The first kappa shape index (κ1) is 14.9. The van der Waals surface area contributed by atoms with Crippen LogP contribution in [0.4, 0.5) is 4.39 Å². The summed E-state index contributed by atoms with van der Waals surface area (Å²) in [5, 5.41) is 5.91. The molecule has 1 aromatic rings. The van der Waals surface area contributed by atoms with Crippen molar-refractivity contribution in [1.82, 2.24) is 10.6 Å². The van der Waals surface area contributed by atoms with Crippen LogP contribution in [0.5, 0.6) is 0 Å². The molecule has 0 aliphatic carbocycles. The predicted molar refractivity (Wildman–Crippen MR) is 71.0 cm³/mol. The van der Waals surface area contributed by atoms with Gasteiger partial charge in [0.15, 0.2) is 0 Å². The summed E-state index contributed by atoms with van der Waals surface area (Å²) in [6.07, 6.45) is 0. The average molecular weight is 273 g/mol. The van der Waals surface area contributed by atoms with E-state index in [1.807, 2.05) is 20.8 Å². The van der Waals surface area contributed by atoms with Gasteiger partial charge >= 0.3 is 0 Å². The van der Waals surface area contributed by atoms with Crippen molar-refractivity contribution in [3.63, 3.8) is 0 Å². The summed E-state index contributed by atoms with van der Waals surface area (Å²) < 4.78 is 12.9. The normalized spacial score (nSPS) is 11.4. The molecule has 0 saturated carbocycles. The van der Waals surface area contributed by atoms with E-state index in [1.165, 1.54) is 6.07 Å². The van der Waals surface area contributed by atoms with Crippen molar-refractivity contribution in [3.8, 4) is 0 Å². The van der Waals surface area contributed by atoms with E-state index in [-0.39, 0.29) is 23.0 Å². The molecule has 0 fully saturated rings. The summed E-state index contributed by atoms with van der Waals surface area (Å²) >= 11 is 5.66. The van der Waals surface area contributed by atoms with E-state index in [0.717, 1.165) is 5.56 Å². The Morgan fingerprint density at radius 1 is 1.39 bits per heavy atom. The highest BCUT2D eigenvalue weighted by atomic mass is 35.5. The molecule has 0 bridgehead atoms. The van der Waals surface area contributed by atoms with E-state index in [1.54, 1.807) is 12.1 Å². The average Bonchev–Trinajstić information content (AvgIpc) is 2.20. The number of nitrogens with one attached hydrogen (secondary N) is 2. The summed E-state index contributed by atoms with van der Waals surface area (Å²) in [6.45, 7) is 6.45. The Morgan fingerprint density at radius 3 is 2.61 bits per heavy atom. The van der Waals surface area contributed by atoms with Crippen LogP contribution in [0.3, 0.4) is 0 Å². The molecule has 0 radical (unpaired) electrons. The van der Waals surface area contributed by atoms with Gasteiger partial charge in [-0.15, -0.1) is 0 Å². The summed E-state index contributed by atoms with van der Waals surface area (Å²) in [4.78, 5) is 11.5. The van der Waals surface area contributed by atoms with Crippen LogP contribution >= 0.6 is 11.6 Å². The third-order valence-electron chi connectivity index (χ3n) is 2.11. The van der Waals surface area contributed by atoms with Crippen molar-refractivity contribution in [2.75, 3.05) is 6.54 Å². The number of hydrogen-bond acceptors (Lipinski definition) is 2. The van der Waals surface area contributed by atoms with Crippen molar-refractivity contribution in [2.45, 2.75) is 32.9 Å². The zero-order valence-corrected chi connectivity index (χ0v) is 11.6. The highest BCUT2D eigenvalue weighted by Gasteiger charge is 2.12. The minimum atomic E-state index is -0.439. The second kappa shape index (κ2) is 6.16. The van der Waals surface area contributed by atoms with Gasteiger partial charge in [0, 0.05) is 12.1 Å². The molecular formula is C13H18ClFN2O. The predicted octanol–water partition coefficient (Wildman–Crippen LogP) is 2.48. The molecule has 0 unspecified atom stereocenters. The largest absolute Gasteiger partial charge is 0.350 e. The number of carbonyl (C=O) groups excluding carboxylic acids is 1. The van der Waals surface area contributed by atoms with Gasteiger partial charge in [-0.1, -0.05) is 17.7 Å². The van der Waals surface area contributed by atoms with Crippen molar-refractivity contribution in [3.05, 3.63) is 34.6 Å². The highest BCUT2D eigenvalue weighted by Crippen LogP contribution is 2.15. The standard InChI is InChI=1S/C13H18ClFN2O/c1-13(2,3)17-12(18)8-16-7-9-4-5-11(15)10(14)6-9/h4-6,16H,7-8H2,1-3H3,(H,17,18). The van der Waals surface area contributed by atoms with E-state index in [9.17, 15) is 9.18 Å². The van der Waals surface area contributed by atoms with Gasteiger partial charge in [0.25, 0.3) is 0 Å². The molecule has 18 heavy (non-hydrogen) atoms. The fraction of sp³-hybridized carbons (Fsp3) is 0.462. The van der Waals surface area contributed by atoms with E-state index in [0.29, 0.717) is 6.54 Å². The van der Waals surface area contributed by atoms with Crippen LogP contribution in [0.1, 0.15) is 26.3 Å². The van der Waals surface area contributed by atoms with Gasteiger partial charge in [-0.05, 0) is 38.5 Å². The lowest BCUT2D eigenvalue weighted by Crippen LogP contribution is -2.44. The fourth-order valence-corrected chi connectivity index (χ4v) is 1.64. The van der Waals surface area contributed by atoms with E-state index < -0.39 is 5.82 Å². The first-order valence-electron chi connectivity index (χ1n) is 5.73. The van der Waals surface area contributed by atoms with Gasteiger partial charge in [0.05, 0.1) is 11.6 Å².